The van der Waals surface area contributed by atoms with Crippen molar-refractivity contribution >= 4 is 0 Å². The standard InChI is InChI=1S/C8H10O2.CH4O/c9-6-7-10-8-4-2-1-3-5-8;1-2/h1-5,9H,6-7H2;2H,1H3. The summed E-state index contributed by atoms with van der Waals surface area (Å²) in [4.78, 5) is 0. The molecular weight excluding hydrogens is 156 g/mol. The quantitative estimate of drug-likeness (QED) is 0.700. The van der Waals surface area contributed by atoms with Crippen LogP contribution in [0.25, 0.3) is 0 Å². The monoisotopic (exact) mass is 170 g/mol. The van der Waals surface area contributed by atoms with Gasteiger partial charge in [-0.2, -0.15) is 0 Å². The van der Waals surface area contributed by atoms with Gasteiger partial charge in [0.25, 0.3) is 0 Å². The topological polar surface area (TPSA) is 49.7 Å². The molecule has 0 unspecified atom stereocenters. The van der Waals surface area contributed by atoms with Crippen LogP contribution in [0.1, 0.15) is 0 Å². The number of aliphatic hydroxyl groups is 2. The first kappa shape index (κ1) is 10.9. The average molecular weight is 170 g/mol. The number of para-hydroxylation sites is 1. The van der Waals surface area contributed by atoms with Gasteiger partial charge >= 0.3 is 0 Å². The highest BCUT2D eigenvalue weighted by Gasteiger charge is 1.86. The maximum atomic E-state index is 8.40. The maximum absolute atomic E-state index is 8.40. The lowest BCUT2D eigenvalue weighted by Gasteiger charge is -2.01. The molecule has 0 aliphatic heterocycles. The van der Waals surface area contributed by atoms with Crippen molar-refractivity contribution in [2.75, 3.05) is 20.3 Å². The fourth-order valence-corrected chi connectivity index (χ4v) is 0.680. The molecule has 0 bridgehead atoms. The molecule has 0 aromatic heterocycles. The van der Waals surface area contributed by atoms with E-state index in [4.69, 9.17) is 14.9 Å². The molecule has 0 aliphatic rings. The van der Waals surface area contributed by atoms with Crippen LogP contribution in [0.4, 0.5) is 0 Å². The summed E-state index contributed by atoms with van der Waals surface area (Å²) < 4.78 is 5.11. The number of hydrogen-bond acceptors (Lipinski definition) is 3. The van der Waals surface area contributed by atoms with Crippen LogP contribution in [0.3, 0.4) is 0 Å². The average Bonchev–Trinajstić information content (AvgIpc) is 2.19. The van der Waals surface area contributed by atoms with E-state index < -0.39 is 0 Å². The molecule has 3 heteroatoms. The Morgan fingerprint density at radius 3 is 2.25 bits per heavy atom. The van der Waals surface area contributed by atoms with Crippen molar-refractivity contribution in [3.63, 3.8) is 0 Å². The summed E-state index contributed by atoms with van der Waals surface area (Å²) in [6.07, 6.45) is 0. The van der Waals surface area contributed by atoms with Crippen molar-refractivity contribution in [3.8, 4) is 5.75 Å². The second-order valence-electron chi connectivity index (χ2n) is 1.89. The number of ether oxygens (including phenoxy) is 1. The lowest BCUT2D eigenvalue weighted by Crippen LogP contribution is -2.00. The second-order valence-corrected chi connectivity index (χ2v) is 1.89. The largest absolute Gasteiger partial charge is 0.491 e. The van der Waals surface area contributed by atoms with Gasteiger partial charge in [0, 0.05) is 7.11 Å². The Hall–Kier alpha value is -1.06. The number of rotatable bonds is 3. The van der Waals surface area contributed by atoms with E-state index in [1.807, 2.05) is 30.3 Å². The van der Waals surface area contributed by atoms with Gasteiger partial charge in [-0.05, 0) is 12.1 Å². The van der Waals surface area contributed by atoms with E-state index in [2.05, 4.69) is 0 Å². The van der Waals surface area contributed by atoms with Crippen LogP contribution in [0, 0.1) is 0 Å². The van der Waals surface area contributed by atoms with Gasteiger partial charge in [0.05, 0.1) is 6.61 Å². The third-order valence-corrected chi connectivity index (χ3v) is 1.10. The molecule has 0 heterocycles. The van der Waals surface area contributed by atoms with Crippen molar-refractivity contribution < 1.29 is 14.9 Å². The molecule has 0 spiro atoms. The van der Waals surface area contributed by atoms with Gasteiger partial charge in [0.15, 0.2) is 0 Å². The number of aliphatic hydroxyl groups excluding tert-OH is 2. The third-order valence-electron chi connectivity index (χ3n) is 1.10. The Balaban J connectivity index is 0.000000561. The minimum Gasteiger partial charge on any atom is -0.491 e. The minimum absolute atomic E-state index is 0.0644. The molecule has 0 atom stereocenters. The van der Waals surface area contributed by atoms with Crippen LogP contribution < -0.4 is 4.74 Å². The first-order chi connectivity index (χ1) is 5.93. The van der Waals surface area contributed by atoms with Gasteiger partial charge in [-0.1, -0.05) is 18.2 Å². The zero-order chi connectivity index (χ0) is 9.23. The number of hydrogen-bond donors (Lipinski definition) is 2. The van der Waals surface area contributed by atoms with E-state index in [-0.39, 0.29) is 6.61 Å². The van der Waals surface area contributed by atoms with E-state index in [0.29, 0.717) is 6.61 Å². The van der Waals surface area contributed by atoms with E-state index in [1.165, 1.54) is 0 Å². The van der Waals surface area contributed by atoms with Gasteiger partial charge in [-0.25, -0.2) is 0 Å². The summed E-state index contributed by atoms with van der Waals surface area (Å²) in [6.45, 7) is 0.429. The molecule has 0 radical (unpaired) electrons. The highest BCUT2D eigenvalue weighted by atomic mass is 16.5. The van der Waals surface area contributed by atoms with Gasteiger partial charge in [0.2, 0.25) is 0 Å². The van der Waals surface area contributed by atoms with Crippen LogP contribution in [0.2, 0.25) is 0 Å². The van der Waals surface area contributed by atoms with E-state index in [1.54, 1.807) is 0 Å². The summed E-state index contributed by atoms with van der Waals surface area (Å²) >= 11 is 0. The summed E-state index contributed by atoms with van der Waals surface area (Å²) in [5.41, 5.74) is 0. The summed E-state index contributed by atoms with van der Waals surface area (Å²) in [6, 6.07) is 9.43. The lowest BCUT2D eigenvalue weighted by molar-refractivity contribution is 0.201. The predicted molar refractivity (Wildman–Crippen MR) is 47.2 cm³/mol. The van der Waals surface area contributed by atoms with Crippen LogP contribution in [-0.4, -0.2) is 30.5 Å². The Bertz CT molecular complexity index is 174. The fourth-order valence-electron chi connectivity index (χ4n) is 0.680. The summed E-state index contributed by atoms with van der Waals surface area (Å²) in [5, 5.41) is 15.4. The normalized spacial score (nSPS) is 8.25. The van der Waals surface area contributed by atoms with Crippen molar-refractivity contribution in [1.29, 1.82) is 0 Å². The third kappa shape index (κ3) is 4.71. The summed E-state index contributed by atoms with van der Waals surface area (Å²) in [7, 11) is 1.00. The molecule has 1 aromatic carbocycles. The molecule has 1 rings (SSSR count). The minimum atomic E-state index is 0.0644. The smallest absolute Gasteiger partial charge is 0.119 e. The Labute approximate surface area is 72.2 Å². The zero-order valence-corrected chi connectivity index (χ0v) is 7.10. The first-order valence-electron chi connectivity index (χ1n) is 3.67. The molecule has 0 amide bonds. The van der Waals surface area contributed by atoms with Gasteiger partial charge in [0.1, 0.15) is 12.4 Å². The molecule has 0 saturated heterocycles. The highest BCUT2D eigenvalue weighted by Crippen LogP contribution is 2.06. The molecule has 68 valence electrons. The summed E-state index contributed by atoms with van der Waals surface area (Å²) in [5.74, 6) is 0.802. The number of benzene rings is 1. The Morgan fingerprint density at radius 1 is 1.17 bits per heavy atom. The van der Waals surface area contributed by atoms with Crippen molar-refractivity contribution in [2.24, 2.45) is 0 Å². The van der Waals surface area contributed by atoms with Crippen LogP contribution in [-0.2, 0) is 0 Å². The lowest BCUT2D eigenvalue weighted by atomic mass is 10.3. The first-order valence-corrected chi connectivity index (χ1v) is 3.67. The predicted octanol–water partition coefficient (Wildman–Crippen LogP) is 0.666. The van der Waals surface area contributed by atoms with E-state index in [9.17, 15) is 0 Å². The van der Waals surface area contributed by atoms with Gasteiger partial charge in [-0.15, -0.1) is 0 Å². The molecular formula is C9H14O3. The molecule has 2 N–H and O–H groups in total. The van der Waals surface area contributed by atoms with Crippen LogP contribution >= 0.6 is 0 Å². The van der Waals surface area contributed by atoms with Crippen LogP contribution in [0.5, 0.6) is 5.75 Å². The molecule has 0 aliphatic carbocycles. The Kier molecular flexibility index (Phi) is 7.33. The molecule has 0 fully saturated rings. The van der Waals surface area contributed by atoms with E-state index in [0.717, 1.165) is 12.9 Å². The molecule has 1 aromatic rings. The van der Waals surface area contributed by atoms with Crippen molar-refractivity contribution in [2.45, 2.75) is 0 Å². The SMILES string of the molecule is CO.OCCOc1ccccc1. The van der Waals surface area contributed by atoms with Gasteiger partial charge in [-0.3, -0.25) is 0 Å². The highest BCUT2D eigenvalue weighted by molar-refractivity contribution is 5.20. The van der Waals surface area contributed by atoms with Crippen molar-refractivity contribution in [3.05, 3.63) is 30.3 Å². The maximum Gasteiger partial charge on any atom is 0.119 e. The zero-order valence-electron chi connectivity index (χ0n) is 7.10. The molecule has 12 heavy (non-hydrogen) atoms. The second kappa shape index (κ2) is 8.04. The van der Waals surface area contributed by atoms with Crippen molar-refractivity contribution in [1.82, 2.24) is 0 Å². The van der Waals surface area contributed by atoms with Gasteiger partial charge < -0.3 is 14.9 Å². The fraction of sp³-hybridized carbons (Fsp3) is 0.333. The molecule has 3 nitrogen and oxygen atoms in total. The Morgan fingerprint density at radius 2 is 1.75 bits per heavy atom. The van der Waals surface area contributed by atoms with Crippen LogP contribution in [0.15, 0.2) is 30.3 Å². The molecule has 0 saturated carbocycles. The van der Waals surface area contributed by atoms with E-state index >= 15 is 0 Å².